The minimum Gasteiger partial charge on any atom is -0.481 e. The lowest BCUT2D eigenvalue weighted by atomic mass is 10.1. The van der Waals surface area contributed by atoms with Gasteiger partial charge < -0.3 is 5.11 Å². The molecular weight excluding hydrogens is 164 g/mol. The fourth-order valence-electron chi connectivity index (χ4n) is 1.01. The van der Waals surface area contributed by atoms with Crippen molar-refractivity contribution in [3.63, 3.8) is 0 Å². The van der Waals surface area contributed by atoms with Crippen LogP contribution in [0.4, 0.5) is 0 Å². The zero-order chi connectivity index (χ0) is 8.97. The van der Waals surface area contributed by atoms with Crippen molar-refractivity contribution in [2.24, 2.45) is 0 Å². The van der Waals surface area contributed by atoms with Gasteiger partial charge in [-0.25, -0.2) is 0 Å². The third kappa shape index (κ3) is 4.31. The molecule has 1 aromatic rings. The number of rotatable bonds is 3. The third-order valence-corrected chi connectivity index (χ3v) is 1.75. The molecule has 0 aliphatic heterocycles. The van der Waals surface area contributed by atoms with E-state index in [2.05, 4.69) is 0 Å². The lowest BCUT2D eigenvalue weighted by molar-refractivity contribution is -0.136. The standard InChI is InChI=1S/C10H12O2.CH4/c1-8-2-4-9(5-3-8)6-7-10(11)12;/h2-5H,6-7H2,1H3,(H,11,12);1H4. The van der Waals surface area contributed by atoms with Crippen LogP contribution in [0.1, 0.15) is 25.0 Å². The van der Waals surface area contributed by atoms with Crippen molar-refractivity contribution in [3.8, 4) is 0 Å². The van der Waals surface area contributed by atoms with Crippen molar-refractivity contribution in [3.05, 3.63) is 35.4 Å². The lowest BCUT2D eigenvalue weighted by Gasteiger charge is -1.98. The first-order chi connectivity index (χ1) is 5.68. The van der Waals surface area contributed by atoms with Gasteiger partial charge in [-0.1, -0.05) is 37.3 Å². The summed E-state index contributed by atoms with van der Waals surface area (Å²) in [6.07, 6.45) is 0.832. The van der Waals surface area contributed by atoms with E-state index in [-0.39, 0.29) is 13.8 Å². The van der Waals surface area contributed by atoms with Gasteiger partial charge >= 0.3 is 5.97 Å². The maximum absolute atomic E-state index is 10.2. The maximum Gasteiger partial charge on any atom is 0.303 e. The summed E-state index contributed by atoms with van der Waals surface area (Å²) < 4.78 is 0. The molecule has 0 radical (unpaired) electrons. The average Bonchev–Trinajstić information content (AvgIpc) is 2.03. The summed E-state index contributed by atoms with van der Waals surface area (Å²) in [4.78, 5) is 10.2. The topological polar surface area (TPSA) is 37.3 Å². The predicted molar refractivity (Wildman–Crippen MR) is 53.9 cm³/mol. The van der Waals surface area contributed by atoms with Gasteiger partial charge in [0.2, 0.25) is 0 Å². The van der Waals surface area contributed by atoms with Crippen LogP contribution >= 0.6 is 0 Å². The molecule has 0 spiro atoms. The monoisotopic (exact) mass is 180 g/mol. The Morgan fingerprint density at radius 3 is 2.31 bits per heavy atom. The number of carbonyl (C=O) groups is 1. The highest BCUT2D eigenvalue weighted by atomic mass is 16.4. The lowest BCUT2D eigenvalue weighted by Crippen LogP contribution is -1.97. The third-order valence-electron chi connectivity index (χ3n) is 1.75. The van der Waals surface area contributed by atoms with E-state index in [1.807, 2.05) is 31.2 Å². The van der Waals surface area contributed by atoms with Crippen molar-refractivity contribution >= 4 is 5.97 Å². The molecule has 0 aromatic heterocycles. The predicted octanol–water partition coefficient (Wildman–Crippen LogP) is 2.65. The molecular formula is C11H16O2. The van der Waals surface area contributed by atoms with Gasteiger partial charge in [-0.3, -0.25) is 4.79 Å². The first-order valence-corrected chi connectivity index (χ1v) is 3.96. The zero-order valence-corrected chi connectivity index (χ0v) is 7.08. The molecule has 13 heavy (non-hydrogen) atoms. The Morgan fingerprint density at radius 1 is 1.31 bits per heavy atom. The molecule has 0 unspecified atom stereocenters. The summed E-state index contributed by atoms with van der Waals surface area (Å²) in [7, 11) is 0. The van der Waals surface area contributed by atoms with Crippen molar-refractivity contribution < 1.29 is 9.90 Å². The van der Waals surface area contributed by atoms with Gasteiger partial charge in [-0.2, -0.15) is 0 Å². The van der Waals surface area contributed by atoms with Crippen LogP contribution in [0.3, 0.4) is 0 Å². The SMILES string of the molecule is C.Cc1ccc(CCC(=O)O)cc1. The molecule has 0 aliphatic carbocycles. The Morgan fingerprint density at radius 2 is 1.85 bits per heavy atom. The fraction of sp³-hybridized carbons (Fsp3) is 0.364. The first-order valence-electron chi connectivity index (χ1n) is 3.96. The van der Waals surface area contributed by atoms with E-state index in [9.17, 15) is 4.79 Å². The number of benzene rings is 1. The van der Waals surface area contributed by atoms with Crippen LogP contribution in [-0.4, -0.2) is 11.1 Å². The minimum atomic E-state index is -0.740. The molecule has 72 valence electrons. The average molecular weight is 180 g/mol. The largest absolute Gasteiger partial charge is 0.481 e. The van der Waals surface area contributed by atoms with E-state index >= 15 is 0 Å². The van der Waals surface area contributed by atoms with E-state index < -0.39 is 5.97 Å². The van der Waals surface area contributed by atoms with E-state index in [1.165, 1.54) is 5.56 Å². The summed E-state index contributed by atoms with van der Waals surface area (Å²) >= 11 is 0. The highest BCUT2D eigenvalue weighted by Gasteiger charge is 1.97. The molecule has 2 nitrogen and oxygen atoms in total. The van der Waals surface area contributed by atoms with Crippen LogP contribution in [0.25, 0.3) is 0 Å². The number of aliphatic carboxylic acids is 1. The quantitative estimate of drug-likeness (QED) is 0.776. The zero-order valence-electron chi connectivity index (χ0n) is 7.08. The second-order valence-corrected chi connectivity index (χ2v) is 2.88. The molecule has 0 aliphatic rings. The molecule has 0 fully saturated rings. The Hall–Kier alpha value is -1.31. The summed E-state index contributed by atoms with van der Waals surface area (Å²) in [6.45, 7) is 2.01. The molecule has 0 saturated heterocycles. The van der Waals surface area contributed by atoms with E-state index in [4.69, 9.17) is 5.11 Å². The second kappa shape index (κ2) is 5.36. The smallest absolute Gasteiger partial charge is 0.303 e. The van der Waals surface area contributed by atoms with Crippen LogP contribution in [0.2, 0.25) is 0 Å². The van der Waals surface area contributed by atoms with E-state index in [1.54, 1.807) is 0 Å². The summed E-state index contributed by atoms with van der Waals surface area (Å²) in [5, 5.41) is 8.43. The minimum absolute atomic E-state index is 0. The summed E-state index contributed by atoms with van der Waals surface area (Å²) in [5.74, 6) is -0.740. The molecule has 0 bridgehead atoms. The maximum atomic E-state index is 10.2. The summed E-state index contributed by atoms with van der Waals surface area (Å²) in [5.41, 5.74) is 2.29. The molecule has 0 atom stereocenters. The van der Waals surface area contributed by atoms with Gasteiger partial charge in [-0.05, 0) is 18.9 Å². The number of carboxylic acid groups (broad SMARTS) is 1. The van der Waals surface area contributed by atoms with Gasteiger partial charge in [0.25, 0.3) is 0 Å². The van der Waals surface area contributed by atoms with Gasteiger partial charge in [0, 0.05) is 6.42 Å². The van der Waals surface area contributed by atoms with Crippen molar-refractivity contribution in [2.45, 2.75) is 27.2 Å². The van der Waals surface area contributed by atoms with Crippen LogP contribution in [0.15, 0.2) is 24.3 Å². The molecule has 1 aromatic carbocycles. The number of hydrogen-bond donors (Lipinski definition) is 1. The molecule has 1 rings (SSSR count). The normalized spacial score (nSPS) is 9.00. The Kier molecular flexibility index (Phi) is 4.82. The molecule has 0 saturated carbocycles. The van der Waals surface area contributed by atoms with Gasteiger partial charge in [0.15, 0.2) is 0 Å². The second-order valence-electron chi connectivity index (χ2n) is 2.88. The number of carboxylic acids is 1. The molecule has 0 heterocycles. The van der Waals surface area contributed by atoms with E-state index in [0.29, 0.717) is 6.42 Å². The van der Waals surface area contributed by atoms with Crippen LogP contribution < -0.4 is 0 Å². The van der Waals surface area contributed by atoms with Crippen molar-refractivity contribution in [1.29, 1.82) is 0 Å². The summed E-state index contributed by atoms with van der Waals surface area (Å²) in [6, 6.07) is 7.94. The Bertz CT molecular complexity index is 262. The van der Waals surface area contributed by atoms with Crippen LogP contribution in [0, 0.1) is 6.92 Å². The van der Waals surface area contributed by atoms with Crippen LogP contribution in [-0.2, 0) is 11.2 Å². The van der Waals surface area contributed by atoms with Crippen molar-refractivity contribution in [2.75, 3.05) is 0 Å². The van der Waals surface area contributed by atoms with Gasteiger partial charge in [0.05, 0.1) is 0 Å². The highest BCUT2D eigenvalue weighted by Crippen LogP contribution is 2.05. The first kappa shape index (κ1) is 11.7. The highest BCUT2D eigenvalue weighted by molar-refractivity contribution is 5.67. The Balaban J connectivity index is 0.00000144. The van der Waals surface area contributed by atoms with Crippen molar-refractivity contribution in [1.82, 2.24) is 0 Å². The fourth-order valence-corrected chi connectivity index (χ4v) is 1.01. The number of aryl methyl sites for hydroxylation is 2. The Labute approximate surface area is 79.2 Å². The molecule has 1 N–H and O–H groups in total. The molecule has 2 heteroatoms. The number of hydrogen-bond acceptors (Lipinski definition) is 1. The van der Waals surface area contributed by atoms with Gasteiger partial charge in [-0.15, -0.1) is 0 Å². The van der Waals surface area contributed by atoms with Gasteiger partial charge in [0.1, 0.15) is 0 Å². The van der Waals surface area contributed by atoms with Crippen LogP contribution in [0.5, 0.6) is 0 Å². The molecule has 0 amide bonds. The van der Waals surface area contributed by atoms with E-state index in [0.717, 1.165) is 5.56 Å².